The highest BCUT2D eigenvalue weighted by Crippen LogP contribution is 2.39. The van der Waals surface area contributed by atoms with Crippen molar-refractivity contribution in [2.75, 3.05) is 22.9 Å². The first kappa shape index (κ1) is 27.2. The second-order valence-corrected chi connectivity index (χ2v) is 11.4. The predicted molar refractivity (Wildman–Crippen MR) is 158 cm³/mol. The highest BCUT2D eigenvalue weighted by molar-refractivity contribution is 14.1. The van der Waals surface area contributed by atoms with Crippen LogP contribution in [0.3, 0.4) is 0 Å². The van der Waals surface area contributed by atoms with E-state index in [0.717, 1.165) is 52.0 Å². The molecule has 1 saturated heterocycles. The minimum Gasteiger partial charge on any atom is -0.481 e. The average Bonchev–Trinajstić information content (AvgIpc) is 3.55. The highest BCUT2D eigenvalue weighted by atomic mass is 127. The number of carbonyl (C=O) groups excluding carboxylic acids is 1. The third kappa shape index (κ3) is 5.55. The number of hydrogen-bond acceptors (Lipinski definition) is 6. The van der Waals surface area contributed by atoms with Crippen LogP contribution in [0.2, 0.25) is 0 Å². The maximum absolute atomic E-state index is 13.5. The zero-order chi connectivity index (χ0) is 27.7. The molecular weight excluding hydrogens is 609 g/mol. The van der Waals surface area contributed by atoms with Gasteiger partial charge >= 0.3 is 11.9 Å². The van der Waals surface area contributed by atoms with E-state index in [2.05, 4.69) is 50.5 Å². The van der Waals surface area contributed by atoms with Crippen molar-refractivity contribution < 1.29 is 19.4 Å². The maximum atomic E-state index is 13.5. The molecule has 1 amide bonds. The number of aryl methyl sites for hydroxylation is 2. The number of benzene rings is 1. The van der Waals surface area contributed by atoms with Crippen LogP contribution in [0.1, 0.15) is 51.0 Å². The zero-order valence-electron chi connectivity index (χ0n) is 22.4. The van der Waals surface area contributed by atoms with Gasteiger partial charge in [-0.3, -0.25) is 19.2 Å². The molecule has 3 heterocycles. The molecule has 3 aromatic rings. The van der Waals surface area contributed by atoms with Crippen molar-refractivity contribution in [3.8, 4) is 17.7 Å². The van der Waals surface area contributed by atoms with Crippen molar-refractivity contribution in [3.05, 3.63) is 33.4 Å². The molecule has 1 saturated carbocycles. The van der Waals surface area contributed by atoms with Crippen LogP contribution in [-0.4, -0.2) is 50.9 Å². The fourth-order valence-electron chi connectivity index (χ4n) is 5.43. The van der Waals surface area contributed by atoms with E-state index in [9.17, 15) is 14.7 Å². The molecule has 2 aromatic heterocycles. The summed E-state index contributed by atoms with van der Waals surface area (Å²) < 4.78 is 9.13. The molecule has 10 heteroatoms. The van der Waals surface area contributed by atoms with E-state index < -0.39 is 5.97 Å². The molecule has 0 radical (unpaired) electrons. The lowest BCUT2D eigenvalue weighted by molar-refractivity contribution is -0.143. The van der Waals surface area contributed by atoms with Crippen molar-refractivity contribution in [1.82, 2.24) is 14.8 Å². The molecule has 2 aliphatic rings. The molecule has 1 aliphatic heterocycles. The van der Waals surface area contributed by atoms with Crippen LogP contribution in [-0.2, 0) is 16.6 Å². The number of aliphatic carboxylic acids is 1. The summed E-state index contributed by atoms with van der Waals surface area (Å²) in [4.78, 5) is 33.7. The number of ether oxygens (including phenoxy) is 1. The lowest BCUT2D eigenvalue weighted by Crippen LogP contribution is -2.29. The van der Waals surface area contributed by atoms with Gasteiger partial charge in [0, 0.05) is 23.7 Å². The Morgan fingerprint density at radius 1 is 1.15 bits per heavy atom. The normalized spacial score (nSPS) is 19.0. The number of carbonyl (C=O) groups is 2. The number of hydrogen-bond donors (Lipinski definition) is 1. The van der Waals surface area contributed by atoms with Crippen LogP contribution < -0.4 is 14.5 Å². The van der Waals surface area contributed by atoms with Gasteiger partial charge in [-0.15, -0.1) is 5.10 Å². The van der Waals surface area contributed by atoms with E-state index in [1.807, 2.05) is 32.2 Å². The number of nitrogens with zero attached hydrogens (tertiary/aromatic N) is 5. The Balaban J connectivity index is 1.56. The van der Waals surface area contributed by atoms with Gasteiger partial charge in [0.1, 0.15) is 11.9 Å². The molecule has 0 atom stereocenters. The quantitative estimate of drug-likeness (QED) is 0.292. The van der Waals surface area contributed by atoms with Gasteiger partial charge in [0.25, 0.3) is 5.88 Å². The largest absolute Gasteiger partial charge is 0.481 e. The molecule has 0 bridgehead atoms. The molecule has 0 spiro atoms. The molecule has 1 N–H and O–H groups in total. The van der Waals surface area contributed by atoms with Gasteiger partial charge in [0.2, 0.25) is 0 Å². The van der Waals surface area contributed by atoms with Crippen LogP contribution in [0.15, 0.2) is 24.3 Å². The number of pyridine rings is 1. The van der Waals surface area contributed by atoms with E-state index >= 15 is 0 Å². The van der Waals surface area contributed by atoms with Crippen LogP contribution in [0, 0.1) is 28.3 Å². The van der Waals surface area contributed by atoms with Gasteiger partial charge in [-0.1, -0.05) is 5.92 Å². The highest BCUT2D eigenvalue weighted by Gasteiger charge is 2.30. The topological polar surface area (TPSA) is 101 Å². The first-order valence-corrected chi connectivity index (χ1v) is 14.4. The minimum absolute atomic E-state index is 0.131. The molecule has 0 unspecified atom stereocenters. The molecule has 5 rings (SSSR count). The second kappa shape index (κ2) is 11.4. The Kier molecular flexibility index (Phi) is 7.98. The third-order valence-corrected chi connectivity index (χ3v) is 8.72. The summed E-state index contributed by atoms with van der Waals surface area (Å²) in [5.41, 5.74) is 4.16. The standard InChI is InChI=1S/C29H32IN5O4/c1-4-7-26(36)35(24-16-18(2)21(30)17-23(24)34-14-5-6-15-34)25-13-12-22-27(31-25)28(32-33(22)3)39-20-10-8-19(9-11-20)29(37)38/h12-13,16-17,19-20H,5-6,8-11,14-15H2,1-3H3,(H,37,38). The predicted octanol–water partition coefficient (Wildman–Crippen LogP) is 5.19. The molecule has 39 heavy (non-hydrogen) atoms. The van der Waals surface area contributed by atoms with Crippen molar-refractivity contribution in [2.24, 2.45) is 13.0 Å². The number of rotatable bonds is 6. The first-order valence-electron chi connectivity index (χ1n) is 13.3. The number of carboxylic acids is 1. The summed E-state index contributed by atoms with van der Waals surface area (Å²) in [6, 6.07) is 7.90. The lowest BCUT2D eigenvalue weighted by atomic mass is 9.87. The molecule has 1 aliphatic carbocycles. The summed E-state index contributed by atoms with van der Waals surface area (Å²) in [5.74, 6) is 4.88. The zero-order valence-corrected chi connectivity index (χ0v) is 24.6. The number of halogens is 1. The monoisotopic (exact) mass is 641 g/mol. The van der Waals surface area contributed by atoms with E-state index in [1.165, 1.54) is 0 Å². The van der Waals surface area contributed by atoms with Crippen LogP contribution in [0.5, 0.6) is 5.88 Å². The lowest BCUT2D eigenvalue weighted by Gasteiger charge is -2.28. The van der Waals surface area contributed by atoms with Gasteiger partial charge < -0.3 is 14.7 Å². The second-order valence-electron chi connectivity index (χ2n) is 10.2. The van der Waals surface area contributed by atoms with Gasteiger partial charge in [-0.2, -0.15) is 0 Å². The van der Waals surface area contributed by atoms with Crippen LogP contribution in [0.25, 0.3) is 11.0 Å². The van der Waals surface area contributed by atoms with E-state index in [-0.39, 0.29) is 17.9 Å². The van der Waals surface area contributed by atoms with Gasteiger partial charge in [0.05, 0.1) is 22.8 Å². The van der Waals surface area contributed by atoms with Crippen molar-refractivity contribution in [2.45, 2.75) is 58.5 Å². The summed E-state index contributed by atoms with van der Waals surface area (Å²) in [6.45, 7) is 5.56. The van der Waals surface area contributed by atoms with E-state index in [4.69, 9.17) is 9.72 Å². The number of carboxylic acid groups (broad SMARTS) is 1. The molecule has 2 fully saturated rings. The Morgan fingerprint density at radius 2 is 1.87 bits per heavy atom. The third-order valence-electron chi connectivity index (χ3n) is 7.56. The maximum Gasteiger partial charge on any atom is 0.308 e. The van der Waals surface area contributed by atoms with Crippen molar-refractivity contribution >= 4 is 62.7 Å². The van der Waals surface area contributed by atoms with Crippen LogP contribution in [0.4, 0.5) is 17.2 Å². The van der Waals surface area contributed by atoms with E-state index in [1.54, 1.807) is 16.5 Å². The SMILES string of the molecule is CC#CC(=O)N(c1ccc2c(n1)c(OC1CCC(C(=O)O)CC1)nn2C)c1cc(C)c(I)cc1N1CCCC1. The Bertz CT molecular complexity index is 1480. The summed E-state index contributed by atoms with van der Waals surface area (Å²) in [7, 11) is 1.83. The molecular formula is C29H32IN5O4. The van der Waals surface area contributed by atoms with E-state index in [0.29, 0.717) is 42.9 Å². The van der Waals surface area contributed by atoms with Gasteiger partial charge in [-0.05, 0) is 111 Å². The summed E-state index contributed by atoms with van der Waals surface area (Å²) in [5, 5.41) is 13.9. The number of anilines is 3. The Morgan fingerprint density at radius 3 is 2.54 bits per heavy atom. The number of fused-ring (bicyclic) bond motifs is 1. The van der Waals surface area contributed by atoms with Gasteiger partial charge in [-0.25, -0.2) is 4.98 Å². The van der Waals surface area contributed by atoms with Gasteiger partial charge in [0.15, 0.2) is 5.52 Å². The molecule has 204 valence electrons. The summed E-state index contributed by atoms with van der Waals surface area (Å²) >= 11 is 2.34. The van der Waals surface area contributed by atoms with Crippen LogP contribution >= 0.6 is 22.6 Å². The minimum atomic E-state index is -0.748. The Labute approximate surface area is 241 Å². The fraction of sp³-hybridized carbons (Fsp3) is 0.448. The average molecular weight is 642 g/mol. The van der Waals surface area contributed by atoms with Crippen molar-refractivity contribution in [3.63, 3.8) is 0 Å². The summed E-state index contributed by atoms with van der Waals surface area (Å²) in [6.07, 6.45) is 4.54. The Hall–Kier alpha value is -3.33. The van der Waals surface area contributed by atoms with Crippen molar-refractivity contribution in [1.29, 1.82) is 0 Å². The fourth-order valence-corrected chi connectivity index (χ4v) is 5.88. The molecule has 9 nitrogen and oxygen atoms in total. The number of aromatic nitrogens is 3. The number of amides is 1. The molecule has 1 aromatic carbocycles. The smallest absolute Gasteiger partial charge is 0.308 e. The first-order chi connectivity index (χ1) is 18.8.